The molecule has 2 amide bonds. The highest BCUT2D eigenvalue weighted by molar-refractivity contribution is 7.14. The number of benzene rings is 2. The van der Waals surface area contributed by atoms with Gasteiger partial charge in [-0.2, -0.15) is 0 Å². The number of anilines is 2. The van der Waals surface area contributed by atoms with E-state index in [0.29, 0.717) is 33.8 Å². The van der Waals surface area contributed by atoms with E-state index in [1.807, 2.05) is 37.4 Å². The normalized spacial score (nSPS) is 15.6. The first-order valence-corrected chi connectivity index (χ1v) is 11.0. The van der Waals surface area contributed by atoms with Crippen LogP contribution in [0.15, 0.2) is 41.8 Å². The van der Waals surface area contributed by atoms with Gasteiger partial charge in [-0.15, -0.1) is 11.3 Å². The molecule has 0 unspecified atom stereocenters. The number of carbonyl (C=O) groups is 2. The summed E-state index contributed by atoms with van der Waals surface area (Å²) in [4.78, 5) is 28.4. The highest BCUT2D eigenvalue weighted by atomic mass is 32.1. The number of hydrogen-bond donors (Lipinski definition) is 2. The molecule has 0 saturated heterocycles. The van der Waals surface area contributed by atoms with E-state index in [1.54, 1.807) is 18.2 Å². The summed E-state index contributed by atoms with van der Waals surface area (Å²) in [6.45, 7) is 3.90. The van der Waals surface area contributed by atoms with Crippen molar-refractivity contribution < 1.29 is 23.8 Å². The van der Waals surface area contributed by atoms with Gasteiger partial charge in [0.05, 0.1) is 11.4 Å². The maximum Gasteiger partial charge on any atom is 0.264 e. The Balaban J connectivity index is 1.23. The van der Waals surface area contributed by atoms with E-state index in [2.05, 4.69) is 15.6 Å². The first-order valence-electron chi connectivity index (χ1n) is 10.1. The molecule has 32 heavy (non-hydrogen) atoms. The fraction of sp³-hybridized carbons (Fsp3) is 0.261. The van der Waals surface area contributed by atoms with Crippen molar-refractivity contribution in [2.75, 3.05) is 23.8 Å². The topological polar surface area (TPSA) is 98.8 Å². The van der Waals surface area contributed by atoms with Crippen molar-refractivity contribution in [1.82, 2.24) is 4.98 Å². The van der Waals surface area contributed by atoms with Gasteiger partial charge in [0.15, 0.2) is 29.8 Å². The SMILES string of the molecule is CC1(C)Cc2cccc(OCC(=O)Nc3nc(-c4ccc5c(c4)NC(=O)CO5)cs3)c2O1. The zero-order chi connectivity index (χ0) is 22.3. The third kappa shape index (κ3) is 4.11. The molecule has 0 spiro atoms. The van der Waals surface area contributed by atoms with E-state index >= 15 is 0 Å². The minimum Gasteiger partial charge on any atom is -0.483 e. The number of thiazole rings is 1. The lowest BCUT2D eigenvalue weighted by molar-refractivity contribution is -0.119. The molecule has 2 aromatic carbocycles. The zero-order valence-electron chi connectivity index (χ0n) is 17.6. The van der Waals surface area contributed by atoms with Crippen LogP contribution in [0.4, 0.5) is 10.8 Å². The summed E-state index contributed by atoms with van der Waals surface area (Å²) in [6.07, 6.45) is 0.798. The second-order valence-corrected chi connectivity index (χ2v) is 9.06. The summed E-state index contributed by atoms with van der Waals surface area (Å²) < 4.78 is 17.1. The molecule has 0 aliphatic carbocycles. The molecule has 3 heterocycles. The number of fused-ring (bicyclic) bond motifs is 2. The lowest BCUT2D eigenvalue weighted by Gasteiger charge is -2.18. The molecule has 1 aromatic heterocycles. The molecule has 0 atom stereocenters. The molecule has 0 bridgehead atoms. The average molecular weight is 452 g/mol. The van der Waals surface area contributed by atoms with Gasteiger partial charge in [0.25, 0.3) is 11.8 Å². The van der Waals surface area contributed by atoms with E-state index in [0.717, 1.165) is 17.5 Å². The highest BCUT2D eigenvalue weighted by Gasteiger charge is 2.32. The van der Waals surface area contributed by atoms with Crippen LogP contribution >= 0.6 is 11.3 Å². The lowest BCUT2D eigenvalue weighted by Crippen LogP contribution is -2.25. The van der Waals surface area contributed by atoms with E-state index in [4.69, 9.17) is 14.2 Å². The minimum atomic E-state index is -0.313. The smallest absolute Gasteiger partial charge is 0.264 e. The predicted octanol–water partition coefficient (Wildman–Crippen LogP) is 3.87. The van der Waals surface area contributed by atoms with Crippen molar-refractivity contribution in [2.24, 2.45) is 0 Å². The summed E-state index contributed by atoms with van der Waals surface area (Å²) >= 11 is 1.31. The summed E-state index contributed by atoms with van der Waals surface area (Å²) in [7, 11) is 0. The van der Waals surface area contributed by atoms with E-state index in [1.165, 1.54) is 11.3 Å². The van der Waals surface area contributed by atoms with Crippen LogP contribution in [0, 0.1) is 0 Å². The number of ether oxygens (including phenoxy) is 3. The Kier molecular flexibility index (Phi) is 4.97. The molecule has 2 N–H and O–H groups in total. The Morgan fingerprint density at radius 2 is 2.19 bits per heavy atom. The summed E-state index contributed by atoms with van der Waals surface area (Å²) in [6, 6.07) is 11.2. The van der Waals surface area contributed by atoms with Crippen LogP contribution in [-0.2, 0) is 16.0 Å². The number of aromatic nitrogens is 1. The number of rotatable bonds is 5. The van der Waals surface area contributed by atoms with Crippen molar-refractivity contribution in [3.8, 4) is 28.5 Å². The summed E-state index contributed by atoms with van der Waals surface area (Å²) in [5, 5.41) is 7.84. The van der Waals surface area contributed by atoms with Crippen molar-refractivity contribution in [2.45, 2.75) is 25.9 Å². The average Bonchev–Trinajstić information content (AvgIpc) is 3.34. The molecule has 9 heteroatoms. The highest BCUT2D eigenvalue weighted by Crippen LogP contribution is 2.41. The maximum atomic E-state index is 12.4. The zero-order valence-corrected chi connectivity index (χ0v) is 18.4. The Morgan fingerprint density at radius 3 is 3.06 bits per heavy atom. The van der Waals surface area contributed by atoms with Crippen LogP contribution in [0.2, 0.25) is 0 Å². The minimum absolute atomic E-state index is 0.0109. The summed E-state index contributed by atoms with van der Waals surface area (Å²) in [5.74, 6) is 1.37. The van der Waals surface area contributed by atoms with Crippen LogP contribution in [0.1, 0.15) is 19.4 Å². The van der Waals surface area contributed by atoms with Crippen molar-refractivity contribution in [1.29, 1.82) is 0 Å². The number of hydrogen-bond acceptors (Lipinski definition) is 7. The van der Waals surface area contributed by atoms with Crippen LogP contribution in [0.25, 0.3) is 11.3 Å². The largest absolute Gasteiger partial charge is 0.483 e. The molecule has 0 saturated carbocycles. The quantitative estimate of drug-likeness (QED) is 0.611. The fourth-order valence-electron chi connectivity index (χ4n) is 3.71. The lowest BCUT2D eigenvalue weighted by atomic mass is 10.0. The molecular weight excluding hydrogens is 430 g/mol. The Labute approximate surface area is 188 Å². The molecule has 5 rings (SSSR count). The standard InChI is InChI=1S/C23H21N3O5S/c1-23(2)9-14-4-3-5-18(21(14)31-23)30-11-20(28)26-22-25-16(12-32-22)13-6-7-17-15(8-13)24-19(27)10-29-17/h3-8,12H,9-11H2,1-2H3,(H,24,27)(H,25,26,28). The van der Waals surface area contributed by atoms with Gasteiger partial charge in [0, 0.05) is 22.9 Å². The molecule has 8 nitrogen and oxygen atoms in total. The number of nitrogens with one attached hydrogen (secondary N) is 2. The van der Waals surface area contributed by atoms with Gasteiger partial charge < -0.3 is 19.5 Å². The number of carbonyl (C=O) groups excluding carboxylic acids is 2. The number of amides is 2. The van der Waals surface area contributed by atoms with Crippen molar-refractivity contribution >= 4 is 34.0 Å². The van der Waals surface area contributed by atoms with Crippen molar-refractivity contribution in [3.63, 3.8) is 0 Å². The molecule has 164 valence electrons. The van der Waals surface area contributed by atoms with Gasteiger partial charge >= 0.3 is 0 Å². The predicted molar refractivity (Wildman–Crippen MR) is 121 cm³/mol. The molecule has 2 aliphatic rings. The number of nitrogens with zero attached hydrogens (tertiary/aromatic N) is 1. The molecule has 0 radical (unpaired) electrons. The fourth-order valence-corrected chi connectivity index (χ4v) is 4.44. The Bertz CT molecular complexity index is 1220. The second-order valence-electron chi connectivity index (χ2n) is 8.21. The van der Waals surface area contributed by atoms with Gasteiger partial charge in [-0.3, -0.25) is 14.9 Å². The third-order valence-corrected chi connectivity index (χ3v) is 5.83. The molecular formula is C23H21N3O5S. The first kappa shape index (κ1) is 20.3. The second kappa shape index (κ2) is 7.83. The monoisotopic (exact) mass is 451 g/mol. The van der Waals surface area contributed by atoms with Gasteiger partial charge in [-0.05, 0) is 38.1 Å². The summed E-state index contributed by atoms with van der Waals surface area (Å²) in [5.41, 5.74) is 2.88. The molecule has 3 aromatic rings. The molecule has 0 fully saturated rings. The van der Waals surface area contributed by atoms with Gasteiger partial charge in [0.1, 0.15) is 11.4 Å². The van der Waals surface area contributed by atoms with Crippen LogP contribution in [0.5, 0.6) is 17.2 Å². The van der Waals surface area contributed by atoms with Crippen LogP contribution in [-0.4, -0.2) is 35.6 Å². The Morgan fingerprint density at radius 1 is 1.31 bits per heavy atom. The van der Waals surface area contributed by atoms with Crippen molar-refractivity contribution in [3.05, 3.63) is 47.3 Å². The van der Waals surface area contributed by atoms with Crippen LogP contribution in [0.3, 0.4) is 0 Å². The van der Waals surface area contributed by atoms with Crippen LogP contribution < -0.4 is 24.8 Å². The molecule has 2 aliphatic heterocycles. The van der Waals surface area contributed by atoms with E-state index in [-0.39, 0.29) is 30.6 Å². The Hall–Kier alpha value is -3.59. The third-order valence-electron chi connectivity index (χ3n) is 5.07. The van der Waals surface area contributed by atoms with Gasteiger partial charge in [-0.1, -0.05) is 12.1 Å². The van der Waals surface area contributed by atoms with Gasteiger partial charge in [-0.25, -0.2) is 4.98 Å². The number of para-hydroxylation sites is 1. The van der Waals surface area contributed by atoms with E-state index < -0.39 is 0 Å². The van der Waals surface area contributed by atoms with E-state index in [9.17, 15) is 9.59 Å². The maximum absolute atomic E-state index is 12.4. The van der Waals surface area contributed by atoms with Gasteiger partial charge in [0.2, 0.25) is 0 Å². The first-order chi connectivity index (χ1) is 15.4.